The van der Waals surface area contributed by atoms with Crippen molar-refractivity contribution in [3.8, 4) is 11.1 Å². The molecular weight excluding hydrogens is 172 g/mol. The highest BCUT2D eigenvalue weighted by molar-refractivity contribution is 5.65. The Labute approximate surface area is 83.2 Å². The standard InChI is InChI=1S/C12H12N2/c1-2-5-10(6-3-1)11-9-13-14-8-4-7-12(11)14/h1-3,5-6,9H,4,7-8H2. The van der Waals surface area contributed by atoms with E-state index in [2.05, 4.69) is 34.0 Å². The van der Waals surface area contributed by atoms with Crippen LogP contribution in [0.1, 0.15) is 12.1 Å². The van der Waals surface area contributed by atoms with Gasteiger partial charge in [0.2, 0.25) is 0 Å². The fourth-order valence-electron chi connectivity index (χ4n) is 2.12. The van der Waals surface area contributed by atoms with Crippen LogP contribution < -0.4 is 0 Å². The quantitative estimate of drug-likeness (QED) is 0.665. The van der Waals surface area contributed by atoms with Crippen molar-refractivity contribution >= 4 is 0 Å². The van der Waals surface area contributed by atoms with E-state index in [1.807, 2.05) is 12.3 Å². The predicted octanol–water partition coefficient (Wildman–Crippen LogP) is 2.50. The molecule has 0 amide bonds. The number of hydrogen-bond donors (Lipinski definition) is 0. The first-order valence-electron chi connectivity index (χ1n) is 5.05. The van der Waals surface area contributed by atoms with Crippen molar-refractivity contribution in [3.63, 3.8) is 0 Å². The van der Waals surface area contributed by atoms with Crippen molar-refractivity contribution in [2.75, 3.05) is 0 Å². The van der Waals surface area contributed by atoms with Crippen molar-refractivity contribution in [1.82, 2.24) is 9.78 Å². The van der Waals surface area contributed by atoms with Gasteiger partial charge in [-0.15, -0.1) is 0 Å². The Bertz CT molecular complexity index is 443. The van der Waals surface area contributed by atoms with Gasteiger partial charge in [0.25, 0.3) is 0 Å². The number of rotatable bonds is 1. The lowest BCUT2D eigenvalue weighted by molar-refractivity contribution is 0.656. The lowest BCUT2D eigenvalue weighted by atomic mass is 10.1. The molecule has 14 heavy (non-hydrogen) atoms. The normalized spacial score (nSPS) is 14.3. The summed E-state index contributed by atoms with van der Waals surface area (Å²) in [5.41, 5.74) is 4.00. The van der Waals surface area contributed by atoms with Crippen LogP contribution in [-0.4, -0.2) is 9.78 Å². The monoisotopic (exact) mass is 184 g/mol. The third-order valence-electron chi connectivity index (χ3n) is 2.82. The number of aromatic nitrogens is 2. The first-order chi connectivity index (χ1) is 6.95. The molecule has 0 unspecified atom stereocenters. The number of hydrogen-bond acceptors (Lipinski definition) is 1. The second kappa shape index (κ2) is 2.98. The Hall–Kier alpha value is -1.57. The molecule has 0 atom stereocenters. The summed E-state index contributed by atoms with van der Waals surface area (Å²) in [6.45, 7) is 1.09. The summed E-state index contributed by atoms with van der Waals surface area (Å²) in [6.07, 6.45) is 4.40. The van der Waals surface area contributed by atoms with Gasteiger partial charge in [-0.05, 0) is 18.4 Å². The predicted molar refractivity (Wildman–Crippen MR) is 56.0 cm³/mol. The molecule has 1 aromatic carbocycles. The molecule has 2 nitrogen and oxygen atoms in total. The summed E-state index contributed by atoms with van der Waals surface area (Å²) in [5, 5.41) is 4.39. The maximum absolute atomic E-state index is 4.39. The molecule has 1 aliphatic heterocycles. The molecule has 0 radical (unpaired) electrons. The molecule has 0 spiro atoms. The molecule has 1 aromatic heterocycles. The first kappa shape index (κ1) is 7.80. The van der Waals surface area contributed by atoms with E-state index in [0.717, 1.165) is 6.54 Å². The minimum absolute atomic E-state index is 1.09. The van der Waals surface area contributed by atoms with Crippen LogP contribution in [0.5, 0.6) is 0 Å². The van der Waals surface area contributed by atoms with Crippen LogP contribution in [0.15, 0.2) is 36.5 Å². The van der Waals surface area contributed by atoms with E-state index in [4.69, 9.17) is 0 Å². The van der Waals surface area contributed by atoms with E-state index in [9.17, 15) is 0 Å². The fraction of sp³-hybridized carbons (Fsp3) is 0.250. The number of fused-ring (bicyclic) bond motifs is 1. The lowest BCUT2D eigenvalue weighted by Crippen LogP contribution is -1.93. The minimum Gasteiger partial charge on any atom is -0.269 e. The molecule has 70 valence electrons. The zero-order valence-electron chi connectivity index (χ0n) is 7.98. The van der Waals surface area contributed by atoms with Gasteiger partial charge in [-0.2, -0.15) is 5.10 Å². The van der Waals surface area contributed by atoms with Crippen LogP contribution in [0, 0.1) is 0 Å². The number of benzene rings is 1. The van der Waals surface area contributed by atoms with E-state index >= 15 is 0 Å². The van der Waals surface area contributed by atoms with Crippen molar-refractivity contribution in [2.45, 2.75) is 19.4 Å². The van der Waals surface area contributed by atoms with E-state index in [0.29, 0.717) is 0 Å². The van der Waals surface area contributed by atoms with Crippen molar-refractivity contribution in [3.05, 3.63) is 42.2 Å². The highest BCUT2D eigenvalue weighted by Gasteiger charge is 2.16. The third-order valence-corrected chi connectivity index (χ3v) is 2.82. The Morgan fingerprint density at radius 1 is 1.14 bits per heavy atom. The van der Waals surface area contributed by atoms with Crippen LogP contribution in [0.3, 0.4) is 0 Å². The molecule has 2 heteroatoms. The maximum Gasteiger partial charge on any atom is 0.0571 e. The Morgan fingerprint density at radius 2 is 2.00 bits per heavy atom. The summed E-state index contributed by atoms with van der Waals surface area (Å²) in [5.74, 6) is 0. The summed E-state index contributed by atoms with van der Waals surface area (Å²) >= 11 is 0. The maximum atomic E-state index is 4.39. The van der Waals surface area contributed by atoms with Gasteiger partial charge in [-0.1, -0.05) is 30.3 Å². The van der Waals surface area contributed by atoms with Gasteiger partial charge in [0.05, 0.1) is 6.20 Å². The van der Waals surface area contributed by atoms with E-state index in [1.165, 1.54) is 29.7 Å². The Kier molecular flexibility index (Phi) is 1.66. The molecule has 1 aliphatic rings. The molecule has 2 heterocycles. The van der Waals surface area contributed by atoms with E-state index in [1.54, 1.807) is 0 Å². The largest absolute Gasteiger partial charge is 0.269 e. The average molecular weight is 184 g/mol. The molecule has 0 aliphatic carbocycles. The Balaban J connectivity index is 2.13. The third kappa shape index (κ3) is 1.07. The van der Waals surface area contributed by atoms with Gasteiger partial charge in [0.15, 0.2) is 0 Å². The highest BCUT2D eigenvalue weighted by atomic mass is 15.3. The molecule has 0 N–H and O–H groups in total. The van der Waals surface area contributed by atoms with Gasteiger partial charge >= 0.3 is 0 Å². The molecule has 3 rings (SSSR count). The van der Waals surface area contributed by atoms with Crippen LogP contribution in [0.4, 0.5) is 0 Å². The van der Waals surface area contributed by atoms with E-state index in [-0.39, 0.29) is 0 Å². The van der Waals surface area contributed by atoms with Crippen LogP contribution >= 0.6 is 0 Å². The highest BCUT2D eigenvalue weighted by Crippen LogP contribution is 2.27. The lowest BCUT2D eigenvalue weighted by Gasteiger charge is -1.99. The number of nitrogens with zero attached hydrogens (tertiary/aromatic N) is 2. The van der Waals surface area contributed by atoms with Gasteiger partial charge in [0.1, 0.15) is 0 Å². The van der Waals surface area contributed by atoms with Gasteiger partial charge in [-0.25, -0.2) is 0 Å². The fourth-order valence-corrected chi connectivity index (χ4v) is 2.12. The average Bonchev–Trinajstić information content (AvgIpc) is 2.79. The first-order valence-corrected chi connectivity index (χ1v) is 5.05. The number of aryl methyl sites for hydroxylation is 1. The Morgan fingerprint density at radius 3 is 2.86 bits per heavy atom. The molecule has 0 saturated heterocycles. The zero-order valence-corrected chi connectivity index (χ0v) is 7.98. The summed E-state index contributed by atoms with van der Waals surface area (Å²) in [7, 11) is 0. The summed E-state index contributed by atoms with van der Waals surface area (Å²) < 4.78 is 2.13. The van der Waals surface area contributed by atoms with Crippen molar-refractivity contribution in [2.24, 2.45) is 0 Å². The summed E-state index contributed by atoms with van der Waals surface area (Å²) in [4.78, 5) is 0. The van der Waals surface area contributed by atoms with Crippen LogP contribution in [-0.2, 0) is 13.0 Å². The second-order valence-corrected chi connectivity index (χ2v) is 3.70. The van der Waals surface area contributed by atoms with Crippen molar-refractivity contribution < 1.29 is 0 Å². The molecule has 2 aromatic rings. The molecule has 0 fully saturated rings. The van der Waals surface area contributed by atoms with Gasteiger partial charge in [0, 0.05) is 17.8 Å². The SMILES string of the molecule is c1ccc(-c2cnn3c2CCC3)cc1. The molecule has 0 saturated carbocycles. The second-order valence-electron chi connectivity index (χ2n) is 3.70. The topological polar surface area (TPSA) is 17.8 Å². The van der Waals surface area contributed by atoms with Crippen molar-refractivity contribution in [1.29, 1.82) is 0 Å². The minimum atomic E-state index is 1.09. The molecular formula is C12H12N2. The van der Waals surface area contributed by atoms with Crippen LogP contribution in [0.25, 0.3) is 11.1 Å². The van der Waals surface area contributed by atoms with Crippen LogP contribution in [0.2, 0.25) is 0 Å². The summed E-state index contributed by atoms with van der Waals surface area (Å²) in [6, 6.07) is 10.5. The molecule has 0 bridgehead atoms. The van der Waals surface area contributed by atoms with E-state index < -0.39 is 0 Å². The smallest absolute Gasteiger partial charge is 0.0571 e. The zero-order chi connectivity index (χ0) is 9.38. The van der Waals surface area contributed by atoms with Gasteiger partial charge in [-0.3, -0.25) is 4.68 Å². The van der Waals surface area contributed by atoms with Gasteiger partial charge < -0.3 is 0 Å².